The normalized spacial score (nSPS) is 15.6. The molecule has 9 heteroatoms. The summed E-state index contributed by atoms with van der Waals surface area (Å²) in [7, 11) is 3.01. The van der Waals surface area contributed by atoms with Crippen molar-refractivity contribution in [2.45, 2.75) is 39.8 Å². The molecule has 0 fully saturated rings. The molecular weight excluding hydrogens is 450 g/mol. The highest BCUT2D eigenvalue weighted by Crippen LogP contribution is 2.33. The summed E-state index contributed by atoms with van der Waals surface area (Å²) in [5.74, 6) is 0.0584. The lowest BCUT2D eigenvalue weighted by Crippen LogP contribution is -2.48. The molecule has 0 spiro atoms. The Balaban J connectivity index is 1.94. The summed E-state index contributed by atoms with van der Waals surface area (Å²) < 4.78 is 16.0. The Morgan fingerprint density at radius 3 is 2.49 bits per heavy atom. The lowest BCUT2D eigenvalue weighted by molar-refractivity contribution is -0.143. The van der Waals surface area contributed by atoms with E-state index in [-0.39, 0.29) is 18.0 Å². The molecule has 0 saturated carbocycles. The Kier molecular flexibility index (Phi) is 8.01. The highest BCUT2D eigenvalue weighted by molar-refractivity contribution is 6.06. The maximum absolute atomic E-state index is 13.0. The van der Waals surface area contributed by atoms with E-state index in [4.69, 9.17) is 14.2 Å². The number of hydrogen-bond acceptors (Lipinski definition) is 6. The van der Waals surface area contributed by atoms with E-state index in [2.05, 4.69) is 10.6 Å². The number of carbonyl (C=O) groups excluding carboxylic acids is 3. The molecule has 0 saturated heterocycles. The molecule has 1 aliphatic heterocycles. The molecule has 2 aromatic rings. The van der Waals surface area contributed by atoms with Gasteiger partial charge in [0.05, 0.1) is 37.5 Å². The first-order valence-corrected chi connectivity index (χ1v) is 11.3. The van der Waals surface area contributed by atoms with Crippen LogP contribution in [0.3, 0.4) is 0 Å². The minimum atomic E-state index is -0.732. The third-order valence-electron chi connectivity index (χ3n) is 5.61. The minimum absolute atomic E-state index is 0.312. The predicted molar refractivity (Wildman–Crippen MR) is 132 cm³/mol. The molecule has 0 bridgehead atoms. The van der Waals surface area contributed by atoms with Crippen molar-refractivity contribution in [1.29, 1.82) is 0 Å². The molecule has 1 atom stereocenters. The molecule has 2 N–H and O–H groups in total. The number of esters is 1. The molecule has 0 radical (unpaired) electrons. The Labute approximate surface area is 205 Å². The van der Waals surface area contributed by atoms with Crippen molar-refractivity contribution < 1.29 is 28.6 Å². The number of carbonyl (C=O) groups is 3. The predicted octanol–water partition coefficient (Wildman–Crippen LogP) is 4.27. The van der Waals surface area contributed by atoms with Gasteiger partial charge in [-0.3, -0.25) is 9.69 Å². The molecule has 35 heavy (non-hydrogen) atoms. The Hall–Kier alpha value is -4.01. The van der Waals surface area contributed by atoms with Crippen LogP contribution in [0, 0.1) is 0 Å². The van der Waals surface area contributed by atoms with Crippen molar-refractivity contribution in [1.82, 2.24) is 10.2 Å². The van der Waals surface area contributed by atoms with Gasteiger partial charge < -0.3 is 24.8 Å². The van der Waals surface area contributed by atoms with Gasteiger partial charge in [-0.15, -0.1) is 0 Å². The monoisotopic (exact) mass is 481 g/mol. The van der Waals surface area contributed by atoms with Gasteiger partial charge in [-0.25, -0.2) is 9.59 Å². The topological polar surface area (TPSA) is 106 Å². The first-order chi connectivity index (χ1) is 16.7. The standard InChI is InChI=1S/C26H31N3O6/c1-7-29-16(4)22(25(31)35-15(2)3)23(28-26(29)32)17-9-8-10-18(13-17)27-24(30)20-12-11-19(33-5)14-21(20)34-6/h8-15,23H,7H2,1-6H3,(H,27,30)(H,28,32). The van der Waals surface area contributed by atoms with Crippen LogP contribution in [0.5, 0.6) is 11.5 Å². The van der Waals surface area contributed by atoms with Crippen LogP contribution in [-0.4, -0.2) is 49.7 Å². The van der Waals surface area contributed by atoms with Gasteiger partial charge >= 0.3 is 12.0 Å². The van der Waals surface area contributed by atoms with E-state index in [9.17, 15) is 14.4 Å². The third kappa shape index (κ3) is 5.56. The van der Waals surface area contributed by atoms with E-state index in [0.717, 1.165) is 0 Å². The lowest BCUT2D eigenvalue weighted by Gasteiger charge is -2.35. The van der Waals surface area contributed by atoms with E-state index in [1.165, 1.54) is 19.1 Å². The lowest BCUT2D eigenvalue weighted by atomic mass is 9.94. The number of rotatable bonds is 8. The molecule has 186 valence electrons. The van der Waals surface area contributed by atoms with Gasteiger partial charge in [-0.1, -0.05) is 12.1 Å². The molecule has 1 aliphatic rings. The van der Waals surface area contributed by atoms with Gasteiger partial charge in [-0.05, 0) is 57.5 Å². The van der Waals surface area contributed by atoms with Gasteiger partial charge in [0.1, 0.15) is 11.5 Å². The maximum Gasteiger partial charge on any atom is 0.338 e. The minimum Gasteiger partial charge on any atom is -0.497 e. The molecule has 9 nitrogen and oxygen atoms in total. The van der Waals surface area contributed by atoms with E-state index in [0.29, 0.717) is 46.1 Å². The van der Waals surface area contributed by atoms with E-state index >= 15 is 0 Å². The van der Waals surface area contributed by atoms with E-state index in [1.807, 2.05) is 6.92 Å². The fraction of sp³-hybridized carbons (Fsp3) is 0.346. The van der Waals surface area contributed by atoms with Crippen molar-refractivity contribution in [3.8, 4) is 11.5 Å². The van der Waals surface area contributed by atoms with Crippen LogP contribution in [0.2, 0.25) is 0 Å². The fourth-order valence-electron chi connectivity index (χ4n) is 3.93. The van der Waals surface area contributed by atoms with Gasteiger partial charge in [0.2, 0.25) is 0 Å². The third-order valence-corrected chi connectivity index (χ3v) is 5.61. The average Bonchev–Trinajstić information content (AvgIpc) is 2.83. The van der Waals surface area contributed by atoms with Gasteiger partial charge in [0.15, 0.2) is 0 Å². The second-order valence-corrected chi connectivity index (χ2v) is 8.23. The van der Waals surface area contributed by atoms with E-state index < -0.39 is 12.0 Å². The number of amides is 3. The highest BCUT2D eigenvalue weighted by Gasteiger charge is 2.36. The Morgan fingerprint density at radius 2 is 1.86 bits per heavy atom. The molecular formula is C26H31N3O6. The summed E-state index contributed by atoms with van der Waals surface area (Å²) in [6, 6.07) is 10.8. The van der Waals surface area contributed by atoms with Crippen LogP contribution in [0.15, 0.2) is 53.7 Å². The number of hydrogen-bond donors (Lipinski definition) is 2. The van der Waals surface area contributed by atoms with Crippen molar-refractivity contribution in [3.05, 3.63) is 64.9 Å². The van der Waals surface area contributed by atoms with Crippen molar-refractivity contribution in [2.75, 3.05) is 26.1 Å². The van der Waals surface area contributed by atoms with Gasteiger partial charge in [0, 0.05) is 24.0 Å². The van der Waals surface area contributed by atoms with Crippen LogP contribution >= 0.6 is 0 Å². The summed E-state index contributed by atoms with van der Waals surface area (Å²) in [4.78, 5) is 40.2. The zero-order valence-electron chi connectivity index (χ0n) is 20.8. The smallest absolute Gasteiger partial charge is 0.338 e. The maximum atomic E-state index is 13.0. The fourth-order valence-corrected chi connectivity index (χ4v) is 3.93. The SMILES string of the molecule is CCN1C(=O)NC(c2cccc(NC(=O)c3ccc(OC)cc3OC)c2)C(C(=O)OC(C)C)=C1C. The molecule has 1 unspecified atom stereocenters. The van der Waals surface area contributed by atoms with Gasteiger partial charge in [0.25, 0.3) is 5.91 Å². The summed E-state index contributed by atoms with van der Waals surface area (Å²) in [6.07, 6.45) is -0.318. The zero-order chi connectivity index (χ0) is 25.7. The number of ether oxygens (including phenoxy) is 3. The highest BCUT2D eigenvalue weighted by atomic mass is 16.5. The van der Waals surface area contributed by atoms with Crippen LogP contribution in [0.1, 0.15) is 49.7 Å². The van der Waals surface area contributed by atoms with Gasteiger partial charge in [-0.2, -0.15) is 0 Å². The summed E-state index contributed by atoms with van der Waals surface area (Å²) >= 11 is 0. The summed E-state index contributed by atoms with van der Waals surface area (Å²) in [5, 5.41) is 5.75. The number of methoxy groups -OCH3 is 2. The van der Waals surface area contributed by atoms with Crippen LogP contribution < -0.4 is 20.1 Å². The second-order valence-electron chi connectivity index (χ2n) is 8.23. The number of urea groups is 1. The van der Waals surface area contributed by atoms with Crippen molar-refractivity contribution in [2.24, 2.45) is 0 Å². The van der Waals surface area contributed by atoms with Crippen molar-refractivity contribution >= 4 is 23.6 Å². The van der Waals surface area contributed by atoms with Crippen LogP contribution in [-0.2, 0) is 9.53 Å². The number of allylic oxidation sites excluding steroid dienone is 1. The molecule has 0 aromatic heterocycles. The molecule has 0 aliphatic carbocycles. The number of nitrogens with one attached hydrogen (secondary N) is 2. The largest absolute Gasteiger partial charge is 0.497 e. The van der Waals surface area contributed by atoms with Crippen LogP contribution in [0.25, 0.3) is 0 Å². The molecule has 1 heterocycles. The summed E-state index contributed by atoms with van der Waals surface area (Å²) in [5.41, 5.74) is 2.33. The quantitative estimate of drug-likeness (QED) is 0.546. The average molecular weight is 482 g/mol. The molecule has 3 rings (SSSR count). The second kappa shape index (κ2) is 10.9. The Bertz CT molecular complexity index is 1160. The first kappa shape index (κ1) is 25.6. The first-order valence-electron chi connectivity index (χ1n) is 11.3. The molecule has 2 aromatic carbocycles. The van der Waals surface area contributed by atoms with E-state index in [1.54, 1.807) is 63.2 Å². The van der Waals surface area contributed by atoms with Crippen molar-refractivity contribution in [3.63, 3.8) is 0 Å². The number of benzene rings is 2. The number of anilines is 1. The summed E-state index contributed by atoms with van der Waals surface area (Å²) in [6.45, 7) is 7.51. The number of nitrogens with zero attached hydrogens (tertiary/aromatic N) is 1. The zero-order valence-corrected chi connectivity index (χ0v) is 20.8. The molecule has 3 amide bonds. The Morgan fingerprint density at radius 1 is 1.11 bits per heavy atom. The van der Waals surface area contributed by atoms with Crippen LogP contribution in [0.4, 0.5) is 10.5 Å².